The van der Waals surface area contributed by atoms with Crippen LogP contribution < -0.4 is 21.3 Å². The molecule has 1 saturated carbocycles. The standard InChI is InChI=1S/C20H26N6O2/c21-18(27)7-8-22-19-17(14-1-2-14)13-23-20(25-19)24-15-3-5-16(6-4-15)26-9-11-28-12-10-26/h3-6,13-14H,1-2,7-12H2,(H2,21,27)(H2,22,23,24,25). The lowest BCUT2D eigenvalue weighted by atomic mass is 10.2. The van der Waals surface area contributed by atoms with Crippen LogP contribution in [0.2, 0.25) is 0 Å². The van der Waals surface area contributed by atoms with E-state index in [-0.39, 0.29) is 12.3 Å². The average molecular weight is 382 g/mol. The van der Waals surface area contributed by atoms with Gasteiger partial charge in [0.25, 0.3) is 0 Å². The first-order valence-electron chi connectivity index (χ1n) is 9.78. The SMILES string of the molecule is NC(=O)CCNc1nc(Nc2ccc(N3CCOCC3)cc2)ncc1C1CC1. The third-order valence-electron chi connectivity index (χ3n) is 5.00. The van der Waals surface area contributed by atoms with Crippen LogP contribution in [0.3, 0.4) is 0 Å². The van der Waals surface area contributed by atoms with Crippen molar-refractivity contribution in [3.8, 4) is 0 Å². The van der Waals surface area contributed by atoms with Crippen molar-refractivity contribution < 1.29 is 9.53 Å². The van der Waals surface area contributed by atoms with Crippen LogP contribution in [-0.4, -0.2) is 48.7 Å². The number of nitrogens with two attached hydrogens (primary N) is 1. The highest BCUT2D eigenvalue weighted by Crippen LogP contribution is 2.42. The monoisotopic (exact) mass is 382 g/mol. The highest BCUT2D eigenvalue weighted by molar-refractivity contribution is 5.74. The molecule has 2 aliphatic rings. The van der Waals surface area contributed by atoms with Gasteiger partial charge in [0, 0.05) is 49.2 Å². The van der Waals surface area contributed by atoms with Gasteiger partial charge in [-0.1, -0.05) is 0 Å². The molecule has 2 heterocycles. The molecule has 148 valence electrons. The van der Waals surface area contributed by atoms with Crippen molar-refractivity contribution in [3.05, 3.63) is 36.0 Å². The van der Waals surface area contributed by atoms with Crippen LogP contribution in [0.15, 0.2) is 30.5 Å². The maximum absolute atomic E-state index is 11.0. The van der Waals surface area contributed by atoms with Crippen LogP contribution in [0.1, 0.15) is 30.7 Å². The van der Waals surface area contributed by atoms with E-state index in [4.69, 9.17) is 10.5 Å². The van der Waals surface area contributed by atoms with Gasteiger partial charge in [-0.2, -0.15) is 4.98 Å². The molecule has 1 saturated heterocycles. The Balaban J connectivity index is 1.44. The summed E-state index contributed by atoms with van der Waals surface area (Å²) in [5, 5.41) is 6.50. The summed E-state index contributed by atoms with van der Waals surface area (Å²) in [6, 6.07) is 8.25. The molecule has 2 aromatic rings. The molecule has 0 unspecified atom stereocenters. The van der Waals surface area contributed by atoms with E-state index in [9.17, 15) is 4.79 Å². The summed E-state index contributed by atoms with van der Waals surface area (Å²) in [6.07, 6.45) is 4.47. The lowest BCUT2D eigenvalue weighted by Crippen LogP contribution is -2.36. The Morgan fingerprint density at radius 3 is 2.64 bits per heavy atom. The zero-order chi connectivity index (χ0) is 19.3. The lowest BCUT2D eigenvalue weighted by Gasteiger charge is -2.28. The van der Waals surface area contributed by atoms with Crippen LogP contribution >= 0.6 is 0 Å². The first kappa shape index (κ1) is 18.5. The van der Waals surface area contributed by atoms with E-state index in [1.807, 2.05) is 18.3 Å². The van der Waals surface area contributed by atoms with Gasteiger partial charge >= 0.3 is 0 Å². The molecule has 0 atom stereocenters. The van der Waals surface area contributed by atoms with Crippen LogP contribution in [0.5, 0.6) is 0 Å². The third-order valence-corrected chi connectivity index (χ3v) is 5.00. The van der Waals surface area contributed by atoms with Crippen molar-refractivity contribution >= 4 is 29.0 Å². The second-order valence-electron chi connectivity index (χ2n) is 7.19. The van der Waals surface area contributed by atoms with E-state index >= 15 is 0 Å². The lowest BCUT2D eigenvalue weighted by molar-refractivity contribution is -0.117. The number of aromatic nitrogens is 2. The summed E-state index contributed by atoms with van der Waals surface area (Å²) in [5.41, 5.74) is 8.46. The predicted octanol–water partition coefficient (Wildman–Crippen LogP) is 2.22. The minimum Gasteiger partial charge on any atom is -0.378 e. The Hall–Kier alpha value is -2.87. The van der Waals surface area contributed by atoms with Crippen molar-refractivity contribution in [1.82, 2.24) is 9.97 Å². The summed E-state index contributed by atoms with van der Waals surface area (Å²) in [7, 11) is 0. The maximum Gasteiger partial charge on any atom is 0.229 e. The Labute approximate surface area is 164 Å². The number of nitrogens with zero attached hydrogens (tertiary/aromatic N) is 3. The van der Waals surface area contributed by atoms with Crippen molar-refractivity contribution in [2.24, 2.45) is 5.73 Å². The molecule has 1 aromatic carbocycles. The highest BCUT2D eigenvalue weighted by atomic mass is 16.5. The number of hydrogen-bond acceptors (Lipinski definition) is 7. The van der Waals surface area contributed by atoms with Crippen molar-refractivity contribution in [2.75, 3.05) is 48.4 Å². The van der Waals surface area contributed by atoms with Crippen LogP contribution in [0.4, 0.5) is 23.1 Å². The highest BCUT2D eigenvalue weighted by Gasteiger charge is 2.27. The molecular weight excluding hydrogens is 356 g/mol. The molecule has 1 amide bonds. The van der Waals surface area contributed by atoms with Gasteiger partial charge in [-0.3, -0.25) is 4.79 Å². The number of morpholine rings is 1. The number of carbonyl (C=O) groups is 1. The number of carbonyl (C=O) groups excluding carboxylic acids is 1. The van der Waals surface area contributed by atoms with Crippen molar-refractivity contribution in [3.63, 3.8) is 0 Å². The minimum absolute atomic E-state index is 0.278. The summed E-state index contributed by atoms with van der Waals surface area (Å²) in [5.74, 6) is 1.50. The molecule has 4 N–H and O–H groups in total. The summed E-state index contributed by atoms with van der Waals surface area (Å²) in [4.78, 5) is 22.4. The molecule has 8 heteroatoms. The Morgan fingerprint density at radius 2 is 1.96 bits per heavy atom. The summed E-state index contributed by atoms with van der Waals surface area (Å²) < 4.78 is 5.40. The fourth-order valence-corrected chi connectivity index (χ4v) is 3.30. The Kier molecular flexibility index (Phi) is 5.57. The zero-order valence-electron chi connectivity index (χ0n) is 15.9. The molecule has 0 radical (unpaired) electrons. The molecule has 1 aliphatic heterocycles. The number of benzene rings is 1. The number of nitrogens with one attached hydrogen (secondary N) is 2. The zero-order valence-corrected chi connectivity index (χ0v) is 15.9. The van der Waals surface area contributed by atoms with E-state index in [1.54, 1.807) is 0 Å². The number of rotatable bonds is 8. The van der Waals surface area contributed by atoms with E-state index in [1.165, 1.54) is 5.69 Å². The smallest absolute Gasteiger partial charge is 0.229 e. The van der Waals surface area contributed by atoms with Gasteiger partial charge in [0.2, 0.25) is 11.9 Å². The van der Waals surface area contributed by atoms with Gasteiger partial charge in [0.05, 0.1) is 13.2 Å². The molecule has 0 bridgehead atoms. The Bertz CT molecular complexity index is 816. The average Bonchev–Trinajstić information content (AvgIpc) is 3.54. The van der Waals surface area contributed by atoms with Gasteiger partial charge in [0.15, 0.2) is 0 Å². The van der Waals surface area contributed by atoms with E-state index in [0.717, 1.165) is 56.2 Å². The number of primary amides is 1. The normalized spacial score (nSPS) is 16.6. The predicted molar refractivity (Wildman–Crippen MR) is 109 cm³/mol. The molecule has 8 nitrogen and oxygen atoms in total. The van der Waals surface area contributed by atoms with Crippen LogP contribution in [0, 0.1) is 0 Å². The molecule has 4 rings (SSSR count). The van der Waals surface area contributed by atoms with Gasteiger partial charge in [-0.25, -0.2) is 4.98 Å². The Morgan fingerprint density at radius 1 is 1.21 bits per heavy atom. The summed E-state index contributed by atoms with van der Waals surface area (Å²) >= 11 is 0. The molecule has 1 aliphatic carbocycles. The largest absolute Gasteiger partial charge is 0.378 e. The third kappa shape index (κ3) is 4.69. The topological polar surface area (TPSA) is 105 Å². The van der Waals surface area contributed by atoms with Gasteiger partial charge in [-0.05, 0) is 43.0 Å². The quantitative estimate of drug-likeness (QED) is 0.643. The van der Waals surface area contributed by atoms with Gasteiger partial charge in [-0.15, -0.1) is 0 Å². The van der Waals surface area contributed by atoms with Gasteiger partial charge < -0.3 is 26.0 Å². The van der Waals surface area contributed by atoms with Crippen molar-refractivity contribution in [1.29, 1.82) is 0 Å². The van der Waals surface area contributed by atoms with Crippen LogP contribution in [-0.2, 0) is 9.53 Å². The fraction of sp³-hybridized carbons (Fsp3) is 0.450. The molecular formula is C20H26N6O2. The number of hydrogen-bond donors (Lipinski definition) is 3. The van der Waals surface area contributed by atoms with Crippen molar-refractivity contribution in [2.45, 2.75) is 25.2 Å². The second-order valence-corrected chi connectivity index (χ2v) is 7.19. The minimum atomic E-state index is -0.326. The fourth-order valence-electron chi connectivity index (χ4n) is 3.30. The molecule has 1 aromatic heterocycles. The number of amides is 1. The van der Waals surface area contributed by atoms with Gasteiger partial charge in [0.1, 0.15) is 5.82 Å². The number of anilines is 4. The summed E-state index contributed by atoms with van der Waals surface area (Å²) in [6.45, 7) is 3.84. The first-order valence-corrected chi connectivity index (χ1v) is 9.78. The van der Waals surface area contributed by atoms with Crippen LogP contribution in [0.25, 0.3) is 0 Å². The van der Waals surface area contributed by atoms with E-state index < -0.39 is 0 Å². The van der Waals surface area contributed by atoms with E-state index in [2.05, 4.69) is 37.6 Å². The molecule has 28 heavy (non-hydrogen) atoms. The second kappa shape index (κ2) is 8.43. The molecule has 0 spiro atoms. The van der Waals surface area contributed by atoms with E-state index in [0.29, 0.717) is 18.4 Å². The maximum atomic E-state index is 11.0. The number of ether oxygens (including phenoxy) is 1. The first-order chi connectivity index (χ1) is 13.7. The molecule has 2 fully saturated rings.